The molecule has 122 valence electrons. The van der Waals surface area contributed by atoms with E-state index in [0.29, 0.717) is 17.9 Å². The number of nitro benzene ring substituents is 1. The van der Waals surface area contributed by atoms with Crippen LogP contribution in [-0.2, 0) is 4.79 Å². The Morgan fingerprint density at radius 2 is 2.04 bits per heavy atom. The van der Waals surface area contributed by atoms with Crippen LogP contribution in [0.1, 0.15) is 31.4 Å². The lowest BCUT2D eigenvalue weighted by Crippen LogP contribution is -2.33. The fourth-order valence-electron chi connectivity index (χ4n) is 3.43. The lowest BCUT2D eigenvalue weighted by molar-refractivity contribution is -0.384. The van der Waals surface area contributed by atoms with E-state index in [-0.39, 0.29) is 17.4 Å². The Morgan fingerprint density at radius 1 is 1.29 bits per heavy atom. The highest BCUT2D eigenvalue weighted by molar-refractivity contribution is 5.99. The van der Waals surface area contributed by atoms with Gasteiger partial charge in [-0.3, -0.25) is 14.9 Å². The molecule has 1 aromatic carbocycles. The van der Waals surface area contributed by atoms with Crippen molar-refractivity contribution in [2.45, 2.75) is 25.8 Å². The first-order valence-electron chi connectivity index (χ1n) is 7.71. The maximum absolute atomic E-state index is 12.7. The summed E-state index contributed by atoms with van der Waals surface area (Å²) in [7, 11) is 0. The number of nitro groups is 1. The summed E-state index contributed by atoms with van der Waals surface area (Å²) in [5.74, 6) is 0.940. The van der Waals surface area contributed by atoms with Crippen LogP contribution in [0.25, 0.3) is 0 Å². The van der Waals surface area contributed by atoms with Crippen molar-refractivity contribution in [2.24, 2.45) is 5.92 Å². The summed E-state index contributed by atoms with van der Waals surface area (Å²) in [4.78, 5) is 27.3. The molecule has 8 nitrogen and oxygen atoms in total. The SMILES string of the molecule is C[C@H]1CC(=O)C2=C(C1)Nc1ncnn1[C@H]2c1ccc([N+](=O)[O-])cc1. The minimum Gasteiger partial charge on any atom is -0.328 e. The average molecular weight is 325 g/mol. The van der Waals surface area contributed by atoms with Gasteiger partial charge in [0.25, 0.3) is 5.69 Å². The van der Waals surface area contributed by atoms with Crippen LogP contribution in [0.15, 0.2) is 41.9 Å². The number of ketones is 1. The standard InChI is InChI=1S/C16H15N5O3/c1-9-6-12-14(13(22)7-9)15(20-16(19-12)17-8-18-20)10-2-4-11(5-3-10)21(23)24/h2-5,8-9,15H,6-7H2,1H3,(H,17,18,19)/t9-,15+/m1/s1. The maximum Gasteiger partial charge on any atom is 0.269 e. The summed E-state index contributed by atoms with van der Waals surface area (Å²) in [6.07, 6.45) is 2.71. The van der Waals surface area contributed by atoms with Crippen LogP contribution in [0.2, 0.25) is 0 Å². The first-order valence-corrected chi connectivity index (χ1v) is 7.71. The van der Waals surface area contributed by atoms with E-state index in [0.717, 1.165) is 17.7 Å². The van der Waals surface area contributed by atoms with Crippen molar-refractivity contribution in [3.63, 3.8) is 0 Å². The number of nitrogens with one attached hydrogen (secondary N) is 1. The molecular weight excluding hydrogens is 310 g/mol. The van der Waals surface area contributed by atoms with Gasteiger partial charge < -0.3 is 5.32 Å². The summed E-state index contributed by atoms with van der Waals surface area (Å²) in [5, 5.41) is 18.3. The quantitative estimate of drug-likeness (QED) is 0.672. The van der Waals surface area contributed by atoms with Crippen LogP contribution in [0.4, 0.5) is 11.6 Å². The van der Waals surface area contributed by atoms with Gasteiger partial charge in [0, 0.05) is 29.8 Å². The molecule has 1 aliphatic heterocycles. The van der Waals surface area contributed by atoms with E-state index in [4.69, 9.17) is 0 Å². The third kappa shape index (κ3) is 2.18. The summed E-state index contributed by atoms with van der Waals surface area (Å²) in [6.45, 7) is 2.05. The molecule has 0 saturated carbocycles. The molecule has 1 aliphatic carbocycles. The van der Waals surface area contributed by atoms with Gasteiger partial charge in [0.1, 0.15) is 12.4 Å². The molecular formula is C16H15N5O3. The van der Waals surface area contributed by atoms with Crippen LogP contribution in [0.3, 0.4) is 0 Å². The first kappa shape index (κ1) is 14.6. The average Bonchev–Trinajstić information content (AvgIpc) is 3.00. The highest BCUT2D eigenvalue weighted by atomic mass is 16.6. The van der Waals surface area contributed by atoms with Crippen molar-refractivity contribution in [1.29, 1.82) is 0 Å². The first-order chi connectivity index (χ1) is 11.5. The Bertz CT molecular complexity index is 868. The zero-order chi connectivity index (χ0) is 16.8. The lowest BCUT2D eigenvalue weighted by Gasteiger charge is -2.34. The van der Waals surface area contributed by atoms with Gasteiger partial charge in [-0.05, 0) is 30.0 Å². The normalized spacial score (nSPS) is 22.6. The fourth-order valence-corrected chi connectivity index (χ4v) is 3.43. The number of anilines is 1. The van der Waals surface area contributed by atoms with Crippen molar-refractivity contribution in [2.75, 3.05) is 5.32 Å². The Balaban J connectivity index is 1.85. The van der Waals surface area contributed by atoms with E-state index >= 15 is 0 Å². The van der Waals surface area contributed by atoms with Crippen molar-refractivity contribution < 1.29 is 9.72 Å². The van der Waals surface area contributed by atoms with Crippen molar-refractivity contribution >= 4 is 17.4 Å². The van der Waals surface area contributed by atoms with Crippen molar-refractivity contribution in [3.05, 3.63) is 57.5 Å². The molecule has 1 aromatic heterocycles. The van der Waals surface area contributed by atoms with Crippen LogP contribution in [-0.4, -0.2) is 25.5 Å². The molecule has 2 heterocycles. The summed E-state index contributed by atoms with van der Waals surface area (Å²) >= 11 is 0. The van der Waals surface area contributed by atoms with Crippen LogP contribution < -0.4 is 5.32 Å². The molecule has 0 amide bonds. The van der Waals surface area contributed by atoms with E-state index in [1.807, 2.05) is 6.92 Å². The number of carbonyl (C=O) groups is 1. The van der Waals surface area contributed by atoms with Gasteiger partial charge in [0.15, 0.2) is 5.78 Å². The second kappa shape index (κ2) is 5.26. The largest absolute Gasteiger partial charge is 0.328 e. The summed E-state index contributed by atoms with van der Waals surface area (Å²) in [6, 6.07) is 5.85. The number of carbonyl (C=O) groups excluding carboxylic acids is 1. The predicted octanol–water partition coefficient (Wildman–Crippen LogP) is 2.45. The molecule has 0 spiro atoms. The van der Waals surface area contributed by atoms with E-state index in [2.05, 4.69) is 15.4 Å². The van der Waals surface area contributed by atoms with E-state index < -0.39 is 11.0 Å². The Morgan fingerprint density at radius 3 is 2.75 bits per heavy atom. The number of fused-ring (bicyclic) bond motifs is 1. The Hall–Kier alpha value is -3.03. The number of aromatic nitrogens is 3. The molecule has 24 heavy (non-hydrogen) atoms. The molecule has 0 fully saturated rings. The fraction of sp³-hybridized carbons (Fsp3) is 0.312. The van der Waals surface area contributed by atoms with Crippen LogP contribution >= 0.6 is 0 Å². The minimum absolute atomic E-state index is 0.0179. The Labute approximate surface area is 137 Å². The van der Waals surface area contributed by atoms with Gasteiger partial charge >= 0.3 is 0 Å². The number of nitrogens with zero attached hydrogens (tertiary/aromatic N) is 4. The smallest absolute Gasteiger partial charge is 0.269 e. The molecule has 0 saturated heterocycles. The molecule has 2 aromatic rings. The number of benzene rings is 1. The summed E-state index contributed by atoms with van der Waals surface area (Å²) < 4.78 is 1.66. The number of non-ortho nitro benzene ring substituents is 1. The lowest BCUT2D eigenvalue weighted by atomic mass is 9.81. The highest BCUT2D eigenvalue weighted by Crippen LogP contribution is 2.41. The molecule has 0 radical (unpaired) electrons. The van der Waals surface area contributed by atoms with Gasteiger partial charge in [-0.25, -0.2) is 4.68 Å². The van der Waals surface area contributed by atoms with E-state index in [9.17, 15) is 14.9 Å². The summed E-state index contributed by atoms with van der Waals surface area (Å²) in [5.41, 5.74) is 2.36. The second-order valence-electron chi connectivity index (χ2n) is 6.23. The van der Waals surface area contributed by atoms with Gasteiger partial charge in [0.2, 0.25) is 5.95 Å². The van der Waals surface area contributed by atoms with E-state index in [1.165, 1.54) is 18.5 Å². The molecule has 8 heteroatoms. The van der Waals surface area contributed by atoms with Gasteiger partial charge in [-0.1, -0.05) is 6.92 Å². The third-order valence-electron chi connectivity index (χ3n) is 4.49. The monoisotopic (exact) mass is 325 g/mol. The van der Waals surface area contributed by atoms with Crippen molar-refractivity contribution in [1.82, 2.24) is 14.8 Å². The zero-order valence-corrected chi connectivity index (χ0v) is 13.0. The number of allylic oxidation sites excluding steroid dienone is 2. The van der Waals surface area contributed by atoms with E-state index in [1.54, 1.807) is 16.8 Å². The van der Waals surface area contributed by atoms with Gasteiger partial charge in [-0.2, -0.15) is 10.1 Å². The molecule has 2 atom stereocenters. The topological polar surface area (TPSA) is 103 Å². The van der Waals surface area contributed by atoms with Gasteiger partial charge in [-0.15, -0.1) is 0 Å². The minimum atomic E-state index is -0.439. The number of hydrogen-bond acceptors (Lipinski definition) is 6. The second-order valence-corrected chi connectivity index (χ2v) is 6.23. The molecule has 1 N–H and O–H groups in total. The number of Topliss-reactive ketones (excluding diaryl/α,β-unsaturated/α-hetero) is 1. The third-order valence-corrected chi connectivity index (χ3v) is 4.49. The Kier molecular flexibility index (Phi) is 3.19. The molecule has 2 aliphatic rings. The highest BCUT2D eigenvalue weighted by Gasteiger charge is 2.37. The van der Waals surface area contributed by atoms with Crippen molar-refractivity contribution in [3.8, 4) is 0 Å². The predicted molar refractivity (Wildman–Crippen MR) is 85.3 cm³/mol. The molecule has 0 bridgehead atoms. The number of rotatable bonds is 2. The molecule has 0 unspecified atom stereocenters. The van der Waals surface area contributed by atoms with Gasteiger partial charge in [0.05, 0.1) is 4.92 Å². The molecule has 4 rings (SSSR count). The number of hydrogen-bond donors (Lipinski definition) is 1. The van der Waals surface area contributed by atoms with Crippen LogP contribution in [0.5, 0.6) is 0 Å². The van der Waals surface area contributed by atoms with Crippen LogP contribution in [0, 0.1) is 16.0 Å². The zero-order valence-electron chi connectivity index (χ0n) is 13.0. The maximum atomic E-state index is 12.7.